The molecule has 0 aliphatic carbocycles. The maximum absolute atomic E-state index is 12.8. The molecule has 0 radical (unpaired) electrons. The van der Waals surface area contributed by atoms with Gasteiger partial charge in [-0.3, -0.25) is 37.3 Å². The highest BCUT2D eigenvalue weighted by Crippen LogP contribution is 2.45. The van der Waals surface area contributed by atoms with Gasteiger partial charge in [0.25, 0.3) is 0 Å². The van der Waals surface area contributed by atoms with E-state index in [4.69, 9.17) is 37.0 Å². The summed E-state index contributed by atoms with van der Waals surface area (Å²) in [6, 6.07) is 0. The highest BCUT2D eigenvalue weighted by Gasteiger charge is 2.30. The van der Waals surface area contributed by atoms with E-state index in [2.05, 4.69) is 34.6 Å². The Morgan fingerprint density at radius 2 is 0.687 bits per heavy atom. The van der Waals surface area contributed by atoms with E-state index in [-0.39, 0.29) is 25.7 Å². The highest BCUT2D eigenvalue weighted by molar-refractivity contribution is 7.47. The van der Waals surface area contributed by atoms with Gasteiger partial charge in [-0.1, -0.05) is 169 Å². The molecule has 0 aliphatic heterocycles. The minimum absolute atomic E-state index is 0.0983. The Labute approximate surface area is 403 Å². The van der Waals surface area contributed by atoms with E-state index in [0.29, 0.717) is 31.6 Å². The second kappa shape index (κ2) is 42.9. The molecule has 0 spiro atoms. The Kier molecular flexibility index (Phi) is 41.7. The minimum Gasteiger partial charge on any atom is -0.462 e. The fourth-order valence-electron chi connectivity index (χ4n) is 6.75. The van der Waals surface area contributed by atoms with Crippen molar-refractivity contribution in [2.75, 3.05) is 39.6 Å². The quantitative estimate of drug-likeness (QED) is 0.0222. The van der Waals surface area contributed by atoms with Crippen molar-refractivity contribution >= 4 is 39.5 Å². The van der Waals surface area contributed by atoms with Gasteiger partial charge >= 0.3 is 39.5 Å². The molecule has 0 aliphatic rings. The van der Waals surface area contributed by atoms with Crippen LogP contribution < -0.4 is 0 Å². The fraction of sp³-hybridized carbons (Fsp3) is 0.917. The number of esters is 4. The molecule has 0 bridgehead atoms. The number of phosphoric acid groups is 2. The topological polar surface area (TPSA) is 237 Å². The number of rotatable bonds is 48. The summed E-state index contributed by atoms with van der Waals surface area (Å²) in [5, 5.41) is 10.4. The van der Waals surface area contributed by atoms with Crippen molar-refractivity contribution in [3.05, 3.63) is 0 Å². The summed E-state index contributed by atoms with van der Waals surface area (Å²) in [7, 11) is -9.83. The average molecular weight is 1000 g/mol. The standard InChI is InChI=1S/C48H92O17P2/c1-6-9-12-15-16-17-23-27-32-46(51)59-38-44(65-48(53)34-29-24-19-18-22-25-30-41(4)5)40-63-67(56,57)61-36-42(49)35-60-66(54,55)62-39-43(64-47(52)33-28-21-14-11-8-3)37-58-45(50)31-26-20-13-10-7-2/h41-44,49H,6-40H2,1-5H3,(H,54,55)(H,56,57)/t42-,43+,44+/m0/s1. The van der Waals surface area contributed by atoms with Crippen molar-refractivity contribution < 1.29 is 80.2 Å². The smallest absolute Gasteiger partial charge is 0.462 e. The molecular formula is C48H92O17P2. The van der Waals surface area contributed by atoms with E-state index in [0.717, 1.165) is 103 Å². The summed E-state index contributed by atoms with van der Waals surface area (Å²) in [6.45, 7) is 6.76. The number of carbonyl (C=O) groups is 4. The summed E-state index contributed by atoms with van der Waals surface area (Å²) in [6.07, 6.45) is 20.8. The minimum atomic E-state index is -4.92. The van der Waals surface area contributed by atoms with E-state index in [1.165, 1.54) is 32.1 Å². The number of phosphoric ester groups is 2. The van der Waals surface area contributed by atoms with Crippen molar-refractivity contribution in [1.82, 2.24) is 0 Å². The van der Waals surface area contributed by atoms with Crippen LogP contribution in [0.4, 0.5) is 0 Å². The summed E-state index contributed by atoms with van der Waals surface area (Å²) in [4.78, 5) is 70.8. The number of aliphatic hydroxyl groups excluding tert-OH is 1. The number of ether oxygens (including phenoxy) is 4. The van der Waals surface area contributed by atoms with Gasteiger partial charge in [-0.25, -0.2) is 9.13 Å². The van der Waals surface area contributed by atoms with Crippen LogP contribution in [0.5, 0.6) is 0 Å². The van der Waals surface area contributed by atoms with Crippen molar-refractivity contribution in [3.63, 3.8) is 0 Å². The monoisotopic (exact) mass is 1000 g/mol. The molecule has 0 aromatic carbocycles. The number of unbranched alkanes of at least 4 members (excludes halogenated alkanes) is 20. The highest BCUT2D eigenvalue weighted by atomic mass is 31.2. The van der Waals surface area contributed by atoms with E-state index in [1.807, 2.05) is 0 Å². The van der Waals surface area contributed by atoms with Crippen molar-refractivity contribution in [2.24, 2.45) is 5.92 Å². The Bertz CT molecular complexity index is 1350. The molecule has 67 heavy (non-hydrogen) atoms. The first-order chi connectivity index (χ1) is 32.0. The molecule has 0 heterocycles. The van der Waals surface area contributed by atoms with Gasteiger partial charge in [0.15, 0.2) is 12.2 Å². The third-order valence-electron chi connectivity index (χ3n) is 10.8. The van der Waals surface area contributed by atoms with Gasteiger partial charge in [0.1, 0.15) is 19.3 Å². The first-order valence-electron chi connectivity index (χ1n) is 25.6. The number of carbonyl (C=O) groups excluding carboxylic acids is 4. The van der Waals surface area contributed by atoms with Gasteiger partial charge in [0, 0.05) is 25.7 Å². The van der Waals surface area contributed by atoms with Gasteiger partial charge in [-0.15, -0.1) is 0 Å². The third-order valence-corrected chi connectivity index (χ3v) is 12.7. The Balaban J connectivity index is 5.15. The molecule has 19 heteroatoms. The normalized spacial score (nSPS) is 14.8. The van der Waals surface area contributed by atoms with Crippen LogP contribution in [0.15, 0.2) is 0 Å². The van der Waals surface area contributed by atoms with E-state index >= 15 is 0 Å². The van der Waals surface area contributed by atoms with Crippen LogP contribution in [0.1, 0.15) is 221 Å². The number of hydrogen-bond acceptors (Lipinski definition) is 15. The average Bonchev–Trinajstić information content (AvgIpc) is 3.28. The lowest BCUT2D eigenvalue weighted by atomic mass is 10.0. The fourth-order valence-corrected chi connectivity index (χ4v) is 8.33. The second-order valence-corrected chi connectivity index (χ2v) is 20.9. The van der Waals surface area contributed by atoms with Crippen LogP contribution in [0, 0.1) is 5.92 Å². The van der Waals surface area contributed by atoms with E-state index < -0.39 is 97.5 Å². The molecule has 17 nitrogen and oxygen atoms in total. The molecule has 0 saturated heterocycles. The lowest BCUT2D eigenvalue weighted by Gasteiger charge is -2.21. The van der Waals surface area contributed by atoms with Crippen molar-refractivity contribution in [1.29, 1.82) is 0 Å². The zero-order valence-electron chi connectivity index (χ0n) is 42.0. The van der Waals surface area contributed by atoms with Gasteiger partial charge in [-0.05, 0) is 31.6 Å². The molecule has 0 aromatic heterocycles. The molecule has 0 fully saturated rings. The predicted molar refractivity (Wildman–Crippen MR) is 257 cm³/mol. The lowest BCUT2D eigenvalue weighted by Crippen LogP contribution is -2.30. The second-order valence-electron chi connectivity index (χ2n) is 18.0. The summed E-state index contributed by atoms with van der Waals surface area (Å²) in [5.74, 6) is -1.52. The summed E-state index contributed by atoms with van der Waals surface area (Å²) >= 11 is 0. The first kappa shape index (κ1) is 65.1. The largest absolute Gasteiger partial charge is 0.472 e. The van der Waals surface area contributed by atoms with Crippen LogP contribution in [0.25, 0.3) is 0 Å². The molecule has 0 amide bonds. The van der Waals surface area contributed by atoms with Crippen LogP contribution >= 0.6 is 15.6 Å². The van der Waals surface area contributed by atoms with Crippen molar-refractivity contribution in [3.8, 4) is 0 Å². The van der Waals surface area contributed by atoms with Gasteiger partial charge in [-0.2, -0.15) is 0 Å². The molecule has 3 N–H and O–H groups in total. The zero-order chi connectivity index (χ0) is 50.0. The maximum atomic E-state index is 12.8. The summed E-state index contributed by atoms with van der Waals surface area (Å²) in [5.41, 5.74) is 0. The summed E-state index contributed by atoms with van der Waals surface area (Å²) < 4.78 is 66.8. The van der Waals surface area contributed by atoms with Crippen LogP contribution in [0.2, 0.25) is 0 Å². The molecule has 2 unspecified atom stereocenters. The van der Waals surface area contributed by atoms with E-state index in [9.17, 15) is 43.2 Å². The first-order valence-corrected chi connectivity index (χ1v) is 28.6. The number of aliphatic hydroxyl groups is 1. The third kappa shape index (κ3) is 43.8. The predicted octanol–water partition coefficient (Wildman–Crippen LogP) is 11.6. The van der Waals surface area contributed by atoms with Gasteiger partial charge in [0.05, 0.1) is 26.4 Å². The van der Waals surface area contributed by atoms with Crippen LogP contribution in [-0.2, 0) is 65.4 Å². The molecule has 396 valence electrons. The Morgan fingerprint density at radius 1 is 0.403 bits per heavy atom. The SMILES string of the molecule is CCCCCCCCCCC(=O)OC[C@H](COP(=O)(O)OC[C@@H](O)COP(=O)(O)OC[C@@H](COC(=O)CCCCCCC)OC(=O)CCCCCCC)OC(=O)CCCCCCCCC(C)C. The van der Waals surface area contributed by atoms with E-state index in [1.54, 1.807) is 0 Å². The molecule has 5 atom stereocenters. The van der Waals surface area contributed by atoms with Gasteiger partial charge in [0.2, 0.25) is 0 Å². The molecular weight excluding hydrogens is 910 g/mol. The zero-order valence-corrected chi connectivity index (χ0v) is 43.8. The molecule has 0 rings (SSSR count). The Morgan fingerprint density at radius 3 is 1.01 bits per heavy atom. The van der Waals surface area contributed by atoms with Gasteiger partial charge < -0.3 is 33.8 Å². The Hall–Kier alpha value is -1.94. The van der Waals surface area contributed by atoms with Crippen molar-refractivity contribution in [2.45, 2.75) is 239 Å². The maximum Gasteiger partial charge on any atom is 0.472 e. The van der Waals surface area contributed by atoms with Crippen LogP contribution in [-0.4, -0.2) is 96.7 Å². The molecule has 0 aromatic rings. The lowest BCUT2D eigenvalue weighted by molar-refractivity contribution is -0.161. The number of hydrogen-bond donors (Lipinski definition) is 3. The van der Waals surface area contributed by atoms with Crippen LogP contribution in [0.3, 0.4) is 0 Å². The molecule has 0 saturated carbocycles.